The molecule has 0 N–H and O–H groups in total. The minimum absolute atomic E-state index is 0.519. The van der Waals surface area contributed by atoms with Crippen molar-refractivity contribution in [2.24, 2.45) is 0 Å². The molecular formula is C17H28ClN3O3S. The maximum Gasteiger partial charge on any atom is 0.281 e. The van der Waals surface area contributed by atoms with Crippen LogP contribution in [0.5, 0.6) is 5.75 Å². The lowest BCUT2D eigenvalue weighted by atomic mass is 10.3. The van der Waals surface area contributed by atoms with Crippen LogP contribution in [0.15, 0.2) is 24.3 Å². The zero-order valence-corrected chi connectivity index (χ0v) is 16.6. The minimum Gasteiger partial charge on any atom is -0.491 e. The first-order valence-corrected chi connectivity index (χ1v) is 10.5. The number of unbranched alkanes of at least 4 members (excludes halogenated alkanes) is 1. The van der Waals surface area contributed by atoms with Crippen molar-refractivity contribution in [3.05, 3.63) is 29.3 Å². The molecule has 2 rings (SSSR count). The summed E-state index contributed by atoms with van der Waals surface area (Å²) in [7, 11) is -1.67. The highest BCUT2D eigenvalue weighted by molar-refractivity contribution is 7.86. The highest BCUT2D eigenvalue weighted by atomic mass is 35.5. The number of nitrogens with zero attached hydrogens (tertiary/aromatic N) is 3. The van der Waals surface area contributed by atoms with Crippen molar-refractivity contribution in [1.82, 2.24) is 13.5 Å². The Morgan fingerprint density at radius 2 is 1.88 bits per heavy atom. The van der Waals surface area contributed by atoms with E-state index in [1.165, 1.54) is 4.31 Å². The second-order valence-electron chi connectivity index (χ2n) is 6.20. The molecule has 1 aliphatic heterocycles. The van der Waals surface area contributed by atoms with Crippen molar-refractivity contribution >= 4 is 21.8 Å². The molecule has 1 aliphatic rings. The first-order valence-electron chi connectivity index (χ1n) is 8.76. The van der Waals surface area contributed by atoms with Crippen LogP contribution in [0.25, 0.3) is 0 Å². The fraction of sp³-hybridized carbons (Fsp3) is 0.647. The SMILES string of the molecule is CCCCN(C)S(=O)(=O)N1CCN(CCOc2ccccc2Cl)CC1. The van der Waals surface area contributed by atoms with Crippen LogP contribution in [-0.4, -0.2) is 74.9 Å². The number of rotatable bonds is 9. The highest BCUT2D eigenvalue weighted by Gasteiger charge is 2.29. The number of hydrogen-bond donors (Lipinski definition) is 0. The van der Waals surface area contributed by atoms with Crippen LogP contribution < -0.4 is 4.74 Å². The van der Waals surface area contributed by atoms with Crippen molar-refractivity contribution in [2.75, 3.05) is 52.9 Å². The van der Waals surface area contributed by atoms with Crippen molar-refractivity contribution in [1.29, 1.82) is 0 Å². The van der Waals surface area contributed by atoms with E-state index in [1.54, 1.807) is 17.4 Å². The summed E-state index contributed by atoms with van der Waals surface area (Å²) < 4.78 is 33.8. The van der Waals surface area contributed by atoms with Gasteiger partial charge in [0.2, 0.25) is 0 Å². The van der Waals surface area contributed by atoms with Crippen LogP contribution in [0.1, 0.15) is 19.8 Å². The third-order valence-corrected chi connectivity index (χ3v) is 6.68. The number of para-hydroxylation sites is 1. The van der Waals surface area contributed by atoms with E-state index in [-0.39, 0.29) is 0 Å². The second-order valence-corrected chi connectivity index (χ2v) is 8.65. The standard InChI is InChI=1S/C17H28ClN3O3S/c1-3-4-9-19(2)25(22,23)21-12-10-20(11-13-21)14-15-24-17-8-6-5-7-16(17)18/h5-8H,3-4,9-15H2,1-2H3. The molecule has 1 aromatic rings. The number of piperazine rings is 1. The van der Waals surface area contributed by atoms with E-state index in [4.69, 9.17) is 16.3 Å². The van der Waals surface area contributed by atoms with Gasteiger partial charge in [0.15, 0.2) is 0 Å². The lowest BCUT2D eigenvalue weighted by molar-refractivity contribution is 0.155. The van der Waals surface area contributed by atoms with Crippen molar-refractivity contribution < 1.29 is 13.2 Å². The van der Waals surface area contributed by atoms with Crippen LogP contribution in [0.4, 0.5) is 0 Å². The molecule has 0 unspecified atom stereocenters. The first kappa shape index (κ1) is 20.5. The van der Waals surface area contributed by atoms with Gasteiger partial charge in [0, 0.05) is 46.3 Å². The minimum atomic E-state index is -3.34. The summed E-state index contributed by atoms with van der Waals surface area (Å²) in [5.74, 6) is 0.683. The molecule has 0 spiro atoms. The molecule has 1 aromatic carbocycles. The number of halogens is 1. The zero-order chi connectivity index (χ0) is 18.3. The summed E-state index contributed by atoms with van der Waals surface area (Å²) in [6.45, 7) is 6.39. The van der Waals surface area contributed by atoms with E-state index in [0.29, 0.717) is 50.1 Å². The molecule has 0 radical (unpaired) electrons. The molecular weight excluding hydrogens is 362 g/mol. The van der Waals surface area contributed by atoms with E-state index < -0.39 is 10.2 Å². The predicted octanol–water partition coefficient (Wildman–Crippen LogP) is 2.31. The molecule has 8 heteroatoms. The normalized spacial score (nSPS) is 17.1. The fourth-order valence-corrected chi connectivity index (χ4v) is 4.29. The van der Waals surface area contributed by atoms with Crippen LogP contribution in [0, 0.1) is 0 Å². The van der Waals surface area contributed by atoms with Gasteiger partial charge >= 0.3 is 0 Å². The number of ether oxygens (including phenoxy) is 1. The Hall–Kier alpha value is -0.860. The van der Waals surface area contributed by atoms with Crippen LogP contribution >= 0.6 is 11.6 Å². The molecule has 6 nitrogen and oxygen atoms in total. The lowest BCUT2D eigenvalue weighted by Gasteiger charge is -2.35. The van der Waals surface area contributed by atoms with Gasteiger partial charge in [-0.2, -0.15) is 17.0 Å². The molecule has 142 valence electrons. The van der Waals surface area contributed by atoms with Gasteiger partial charge < -0.3 is 4.74 Å². The van der Waals surface area contributed by atoms with E-state index in [2.05, 4.69) is 11.8 Å². The van der Waals surface area contributed by atoms with Crippen molar-refractivity contribution in [3.8, 4) is 5.75 Å². The van der Waals surface area contributed by atoms with Crippen molar-refractivity contribution in [2.45, 2.75) is 19.8 Å². The van der Waals surface area contributed by atoms with Gasteiger partial charge in [-0.15, -0.1) is 0 Å². The summed E-state index contributed by atoms with van der Waals surface area (Å²) in [5.41, 5.74) is 0. The molecule has 1 saturated heterocycles. The summed E-state index contributed by atoms with van der Waals surface area (Å²) in [4.78, 5) is 2.22. The Morgan fingerprint density at radius 3 is 2.52 bits per heavy atom. The number of hydrogen-bond acceptors (Lipinski definition) is 4. The van der Waals surface area contributed by atoms with Gasteiger partial charge in [-0.25, -0.2) is 0 Å². The largest absolute Gasteiger partial charge is 0.491 e. The Labute approximate surface area is 156 Å². The molecule has 1 heterocycles. The van der Waals surface area contributed by atoms with Gasteiger partial charge in [-0.3, -0.25) is 4.90 Å². The zero-order valence-electron chi connectivity index (χ0n) is 15.0. The van der Waals surface area contributed by atoms with E-state index in [9.17, 15) is 8.42 Å². The average Bonchev–Trinajstić information content (AvgIpc) is 2.61. The molecule has 0 atom stereocenters. The van der Waals surface area contributed by atoms with Crippen LogP contribution in [0.3, 0.4) is 0 Å². The summed E-state index contributed by atoms with van der Waals surface area (Å²) in [6.07, 6.45) is 1.87. The van der Waals surface area contributed by atoms with Gasteiger partial charge in [-0.05, 0) is 18.6 Å². The van der Waals surface area contributed by atoms with Crippen LogP contribution in [-0.2, 0) is 10.2 Å². The topological polar surface area (TPSA) is 53.1 Å². The van der Waals surface area contributed by atoms with Gasteiger partial charge in [0.1, 0.15) is 12.4 Å². The van der Waals surface area contributed by atoms with Crippen molar-refractivity contribution in [3.63, 3.8) is 0 Å². The third kappa shape index (κ3) is 5.82. The van der Waals surface area contributed by atoms with Gasteiger partial charge in [-0.1, -0.05) is 37.1 Å². The maximum absolute atomic E-state index is 12.5. The molecule has 1 fully saturated rings. The smallest absolute Gasteiger partial charge is 0.281 e. The van der Waals surface area contributed by atoms with E-state index >= 15 is 0 Å². The quantitative estimate of drug-likeness (QED) is 0.650. The summed E-state index contributed by atoms with van der Waals surface area (Å²) in [5, 5.41) is 0.605. The summed E-state index contributed by atoms with van der Waals surface area (Å²) >= 11 is 6.06. The lowest BCUT2D eigenvalue weighted by Crippen LogP contribution is -2.52. The Kier molecular flexibility index (Phi) is 7.96. The summed E-state index contributed by atoms with van der Waals surface area (Å²) in [6, 6.07) is 7.40. The molecule has 25 heavy (non-hydrogen) atoms. The molecule has 0 aromatic heterocycles. The number of benzene rings is 1. The predicted molar refractivity (Wildman–Crippen MR) is 101 cm³/mol. The second kappa shape index (κ2) is 9.73. The Balaban J connectivity index is 1.75. The van der Waals surface area contributed by atoms with Gasteiger partial charge in [0.05, 0.1) is 5.02 Å². The molecule has 0 bridgehead atoms. The first-order chi connectivity index (χ1) is 11.9. The average molecular weight is 390 g/mol. The molecule has 0 amide bonds. The molecule has 0 aliphatic carbocycles. The Morgan fingerprint density at radius 1 is 1.20 bits per heavy atom. The molecule has 0 saturated carbocycles. The third-order valence-electron chi connectivity index (χ3n) is 4.38. The van der Waals surface area contributed by atoms with Crippen LogP contribution in [0.2, 0.25) is 5.02 Å². The van der Waals surface area contributed by atoms with E-state index in [1.807, 2.05) is 18.2 Å². The fourth-order valence-electron chi connectivity index (χ4n) is 2.72. The Bertz CT molecular complexity index is 634. The maximum atomic E-state index is 12.5. The van der Waals surface area contributed by atoms with Gasteiger partial charge in [0.25, 0.3) is 10.2 Å². The monoisotopic (exact) mass is 389 g/mol. The highest BCUT2D eigenvalue weighted by Crippen LogP contribution is 2.23. The van der Waals surface area contributed by atoms with E-state index in [0.717, 1.165) is 19.4 Å².